The second-order valence-electron chi connectivity index (χ2n) is 4.76. The number of rotatable bonds is 5. The van der Waals surface area contributed by atoms with E-state index in [0.717, 1.165) is 12.1 Å². The zero-order valence-electron chi connectivity index (χ0n) is 12.9. The molecule has 1 N–H and O–H groups in total. The Hall–Kier alpha value is -3.02. The van der Waals surface area contributed by atoms with Crippen LogP contribution in [0.1, 0.15) is 22.8 Å². The Morgan fingerprint density at radius 3 is 2.29 bits per heavy atom. The molecule has 0 fully saturated rings. The van der Waals surface area contributed by atoms with E-state index in [4.69, 9.17) is 4.74 Å². The molecule has 2 aromatic rings. The molecule has 0 aliphatic heterocycles. The van der Waals surface area contributed by atoms with Crippen LogP contribution in [0.5, 0.6) is 0 Å². The minimum absolute atomic E-state index is 0.292. The van der Waals surface area contributed by atoms with Gasteiger partial charge in [0, 0.05) is 11.8 Å². The van der Waals surface area contributed by atoms with Crippen molar-refractivity contribution in [3.8, 4) is 0 Å². The van der Waals surface area contributed by atoms with Gasteiger partial charge in [0.05, 0.1) is 6.61 Å². The van der Waals surface area contributed by atoms with Crippen LogP contribution in [0.2, 0.25) is 0 Å². The number of amides is 1. The van der Waals surface area contributed by atoms with E-state index in [1.807, 2.05) is 0 Å². The molecule has 4 nitrogen and oxygen atoms in total. The number of nitrogens with one attached hydrogen (secondary N) is 1. The number of esters is 1. The summed E-state index contributed by atoms with van der Waals surface area (Å²) in [6.45, 7) is 2.00. The van der Waals surface area contributed by atoms with Crippen molar-refractivity contribution in [1.29, 1.82) is 0 Å². The van der Waals surface area contributed by atoms with E-state index in [-0.39, 0.29) is 0 Å². The van der Waals surface area contributed by atoms with Crippen LogP contribution in [0.15, 0.2) is 48.5 Å². The summed E-state index contributed by atoms with van der Waals surface area (Å²) >= 11 is 0. The lowest BCUT2D eigenvalue weighted by molar-refractivity contribution is -0.137. The Kier molecular flexibility index (Phi) is 5.78. The van der Waals surface area contributed by atoms with Gasteiger partial charge in [0.1, 0.15) is 17.2 Å². The lowest BCUT2D eigenvalue weighted by atomic mass is 10.1. The predicted molar refractivity (Wildman–Crippen MR) is 86.4 cm³/mol. The van der Waals surface area contributed by atoms with Gasteiger partial charge in [-0.25, -0.2) is 13.6 Å². The largest absolute Gasteiger partial charge is 0.463 e. The van der Waals surface area contributed by atoms with Gasteiger partial charge in [-0.15, -0.1) is 0 Å². The van der Waals surface area contributed by atoms with Crippen molar-refractivity contribution in [3.05, 3.63) is 71.3 Å². The number of benzene rings is 2. The second kappa shape index (κ2) is 8.01. The molecule has 0 aliphatic rings. The summed E-state index contributed by atoms with van der Waals surface area (Å²) in [6.07, 6.45) is 2.84. The summed E-state index contributed by atoms with van der Waals surface area (Å²) in [5.74, 6) is -3.19. The van der Waals surface area contributed by atoms with Crippen LogP contribution < -0.4 is 5.32 Å². The zero-order chi connectivity index (χ0) is 17.5. The molecule has 0 bridgehead atoms. The second-order valence-corrected chi connectivity index (χ2v) is 4.76. The van der Waals surface area contributed by atoms with Crippen LogP contribution >= 0.6 is 0 Å². The van der Waals surface area contributed by atoms with Crippen LogP contribution in [0.25, 0.3) is 6.08 Å². The molecule has 2 aromatic carbocycles. The van der Waals surface area contributed by atoms with Crippen molar-refractivity contribution in [2.24, 2.45) is 0 Å². The number of hydrogen-bond donors (Lipinski definition) is 1. The highest BCUT2D eigenvalue weighted by molar-refractivity contribution is 6.04. The average molecular weight is 331 g/mol. The number of carbonyl (C=O) groups is 2. The van der Waals surface area contributed by atoms with E-state index in [9.17, 15) is 18.4 Å². The summed E-state index contributed by atoms with van der Waals surface area (Å²) in [5.41, 5.74) is 0.442. The molecule has 0 saturated carbocycles. The fourth-order valence-electron chi connectivity index (χ4n) is 1.94. The number of carbonyl (C=O) groups excluding carboxylic acids is 2. The highest BCUT2D eigenvalue weighted by Crippen LogP contribution is 2.16. The van der Waals surface area contributed by atoms with Crippen molar-refractivity contribution in [1.82, 2.24) is 0 Å². The molecule has 1 amide bonds. The minimum Gasteiger partial charge on any atom is -0.463 e. The Morgan fingerprint density at radius 2 is 1.71 bits per heavy atom. The Balaban J connectivity index is 2.06. The van der Waals surface area contributed by atoms with Gasteiger partial charge < -0.3 is 10.1 Å². The SMILES string of the molecule is CCOC(=O)/C=C/c1ccc(NC(=O)c2c(F)cccc2F)cc1. The van der Waals surface area contributed by atoms with Gasteiger partial charge in [-0.2, -0.15) is 0 Å². The number of anilines is 1. The van der Waals surface area contributed by atoms with Gasteiger partial charge in [-0.1, -0.05) is 18.2 Å². The standard InChI is InChI=1S/C18H15F2NO3/c1-2-24-16(22)11-8-12-6-9-13(10-7-12)21-18(23)17-14(19)4-3-5-15(17)20/h3-11H,2H2,1H3,(H,21,23)/b11-8+. The van der Waals surface area contributed by atoms with E-state index < -0.39 is 29.1 Å². The third kappa shape index (κ3) is 4.49. The van der Waals surface area contributed by atoms with Gasteiger partial charge in [0.25, 0.3) is 5.91 Å². The minimum atomic E-state index is -0.929. The maximum Gasteiger partial charge on any atom is 0.330 e. The van der Waals surface area contributed by atoms with Crippen LogP contribution in [0.4, 0.5) is 14.5 Å². The molecule has 0 saturated heterocycles. The fourth-order valence-corrected chi connectivity index (χ4v) is 1.94. The topological polar surface area (TPSA) is 55.4 Å². The first-order chi connectivity index (χ1) is 11.5. The molecule has 0 spiro atoms. The van der Waals surface area contributed by atoms with Gasteiger partial charge in [0.15, 0.2) is 0 Å². The van der Waals surface area contributed by atoms with E-state index in [1.165, 1.54) is 12.1 Å². The summed E-state index contributed by atoms with van der Waals surface area (Å²) in [7, 11) is 0. The van der Waals surface area contributed by atoms with Crippen LogP contribution in [-0.4, -0.2) is 18.5 Å². The van der Waals surface area contributed by atoms with Crippen LogP contribution in [0.3, 0.4) is 0 Å². The van der Waals surface area contributed by atoms with Crippen LogP contribution in [-0.2, 0) is 9.53 Å². The number of ether oxygens (including phenoxy) is 1. The molecule has 24 heavy (non-hydrogen) atoms. The molecule has 124 valence electrons. The summed E-state index contributed by atoms with van der Waals surface area (Å²) in [5, 5.41) is 2.42. The summed E-state index contributed by atoms with van der Waals surface area (Å²) < 4.78 is 31.9. The lowest BCUT2D eigenvalue weighted by Crippen LogP contribution is -2.15. The van der Waals surface area contributed by atoms with Gasteiger partial charge in [-0.05, 0) is 42.8 Å². The molecule has 0 aromatic heterocycles. The van der Waals surface area contributed by atoms with E-state index in [0.29, 0.717) is 17.9 Å². The summed E-state index contributed by atoms with van der Waals surface area (Å²) in [6, 6.07) is 9.61. The first kappa shape index (κ1) is 17.3. The fraction of sp³-hybridized carbons (Fsp3) is 0.111. The average Bonchev–Trinajstić information content (AvgIpc) is 2.54. The quantitative estimate of drug-likeness (QED) is 0.670. The van der Waals surface area contributed by atoms with Gasteiger partial charge >= 0.3 is 5.97 Å². The smallest absolute Gasteiger partial charge is 0.330 e. The molecular weight excluding hydrogens is 316 g/mol. The van der Waals surface area contributed by atoms with Crippen molar-refractivity contribution in [2.75, 3.05) is 11.9 Å². The molecule has 6 heteroatoms. The van der Waals surface area contributed by atoms with E-state index in [1.54, 1.807) is 37.3 Å². The van der Waals surface area contributed by atoms with Gasteiger partial charge in [-0.3, -0.25) is 4.79 Å². The molecule has 2 rings (SSSR count). The maximum atomic E-state index is 13.6. The molecule has 0 unspecified atom stereocenters. The predicted octanol–water partition coefficient (Wildman–Crippen LogP) is 3.79. The van der Waals surface area contributed by atoms with E-state index in [2.05, 4.69) is 5.32 Å². The Bertz CT molecular complexity index is 750. The van der Waals surface area contributed by atoms with Crippen molar-refractivity contribution in [3.63, 3.8) is 0 Å². The normalized spacial score (nSPS) is 10.6. The molecule has 0 heterocycles. The first-order valence-electron chi connectivity index (χ1n) is 7.21. The molecule has 0 atom stereocenters. The molecular formula is C18H15F2NO3. The first-order valence-corrected chi connectivity index (χ1v) is 7.21. The monoisotopic (exact) mass is 331 g/mol. The number of hydrogen-bond acceptors (Lipinski definition) is 3. The van der Waals surface area contributed by atoms with E-state index >= 15 is 0 Å². The van der Waals surface area contributed by atoms with Crippen molar-refractivity contribution in [2.45, 2.75) is 6.92 Å². The van der Waals surface area contributed by atoms with Crippen LogP contribution in [0, 0.1) is 11.6 Å². The highest BCUT2D eigenvalue weighted by atomic mass is 19.1. The maximum absolute atomic E-state index is 13.6. The molecule has 0 radical (unpaired) electrons. The van der Waals surface area contributed by atoms with Crippen molar-refractivity contribution >= 4 is 23.6 Å². The zero-order valence-corrected chi connectivity index (χ0v) is 12.9. The third-order valence-corrected chi connectivity index (χ3v) is 3.06. The molecule has 0 aliphatic carbocycles. The Labute approximate surface area is 137 Å². The Morgan fingerprint density at radius 1 is 1.08 bits per heavy atom. The van der Waals surface area contributed by atoms with Gasteiger partial charge in [0.2, 0.25) is 0 Å². The summed E-state index contributed by atoms with van der Waals surface area (Å²) in [4.78, 5) is 23.2. The lowest BCUT2D eigenvalue weighted by Gasteiger charge is -2.07. The highest BCUT2D eigenvalue weighted by Gasteiger charge is 2.16. The number of halogens is 2. The van der Waals surface area contributed by atoms with Crippen molar-refractivity contribution < 1.29 is 23.1 Å². The third-order valence-electron chi connectivity index (χ3n) is 3.06.